The van der Waals surface area contributed by atoms with Crippen molar-refractivity contribution in [3.63, 3.8) is 0 Å². The quantitative estimate of drug-likeness (QED) is 0.294. The number of ketones is 1. The number of aromatic amines is 1. The third-order valence-corrected chi connectivity index (χ3v) is 3.36. The molecule has 3 aromatic rings. The van der Waals surface area contributed by atoms with Gasteiger partial charge >= 0.3 is 5.76 Å². The number of nitrogens with zero attached hydrogens (tertiary/aromatic N) is 1. The van der Waals surface area contributed by atoms with Gasteiger partial charge in [0, 0.05) is 5.56 Å². The van der Waals surface area contributed by atoms with Crippen molar-refractivity contribution in [3.8, 4) is 17.6 Å². The van der Waals surface area contributed by atoms with Gasteiger partial charge in [-0.15, -0.1) is 0 Å². The SMILES string of the molecule is N#C/C(=C/c1ccc2oc(=O)[nH]c2c1)C(=O)c1ccc(O)c(O)c1. The second-order valence-corrected chi connectivity index (χ2v) is 4.97. The maximum Gasteiger partial charge on any atom is 0.417 e. The van der Waals surface area contributed by atoms with Gasteiger partial charge in [-0.1, -0.05) is 6.07 Å². The van der Waals surface area contributed by atoms with Gasteiger partial charge in [0.2, 0.25) is 5.78 Å². The standard InChI is InChI=1S/C17H10N2O5/c18-8-11(16(22)10-2-3-13(20)14(21)7-10)5-9-1-4-15-12(6-9)19-17(23)24-15/h1-7,20-21H,(H,19,23)/b11-5-. The molecule has 0 aliphatic rings. The molecule has 0 aliphatic carbocycles. The molecule has 0 bridgehead atoms. The first-order chi connectivity index (χ1) is 11.5. The molecule has 118 valence electrons. The maximum absolute atomic E-state index is 12.4. The number of phenols is 2. The van der Waals surface area contributed by atoms with E-state index in [1.54, 1.807) is 18.2 Å². The lowest BCUT2D eigenvalue weighted by Gasteiger charge is -2.02. The Morgan fingerprint density at radius 1 is 1.17 bits per heavy atom. The lowest BCUT2D eigenvalue weighted by Crippen LogP contribution is -2.01. The predicted molar refractivity (Wildman–Crippen MR) is 84.5 cm³/mol. The van der Waals surface area contributed by atoms with Crippen LogP contribution in [0.4, 0.5) is 0 Å². The Bertz CT molecular complexity index is 1080. The number of allylic oxidation sites excluding steroid dienone is 1. The van der Waals surface area contributed by atoms with Crippen LogP contribution in [0, 0.1) is 11.3 Å². The fraction of sp³-hybridized carbons (Fsp3) is 0. The number of carbonyl (C=O) groups excluding carboxylic acids is 1. The van der Waals surface area contributed by atoms with Crippen molar-refractivity contribution >= 4 is 23.0 Å². The predicted octanol–water partition coefficient (Wildman–Crippen LogP) is 2.32. The van der Waals surface area contributed by atoms with Crippen molar-refractivity contribution in [2.24, 2.45) is 0 Å². The molecule has 3 N–H and O–H groups in total. The number of phenolic OH excluding ortho intramolecular Hbond substituents is 2. The molecule has 0 radical (unpaired) electrons. The molecule has 0 amide bonds. The zero-order valence-electron chi connectivity index (χ0n) is 12.1. The van der Waals surface area contributed by atoms with Crippen molar-refractivity contribution in [3.05, 3.63) is 63.6 Å². The number of Topliss-reactive ketones (excluding diaryl/α,β-unsaturated/α-hetero) is 1. The average Bonchev–Trinajstić information content (AvgIpc) is 2.93. The van der Waals surface area contributed by atoms with Crippen LogP contribution in [0.3, 0.4) is 0 Å². The number of oxazole rings is 1. The molecule has 0 atom stereocenters. The minimum Gasteiger partial charge on any atom is -0.504 e. The summed E-state index contributed by atoms with van der Waals surface area (Å²) in [6.07, 6.45) is 1.36. The van der Waals surface area contributed by atoms with E-state index < -0.39 is 17.3 Å². The summed E-state index contributed by atoms with van der Waals surface area (Å²) in [5.74, 6) is -2.00. The van der Waals surface area contributed by atoms with E-state index in [0.29, 0.717) is 16.7 Å². The topological polar surface area (TPSA) is 127 Å². The molecule has 0 spiro atoms. The highest BCUT2D eigenvalue weighted by atomic mass is 16.4. The highest BCUT2D eigenvalue weighted by Gasteiger charge is 2.14. The minimum absolute atomic E-state index is 0.0656. The molecule has 7 nitrogen and oxygen atoms in total. The van der Waals surface area contributed by atoms with Gasteiger partial charge in [0.25, 0.3) is 0 Å². The van der Waals surface area contributed by atoms with E-state index in [4.69, 9.17) is 4.42 Å². The second-order valence-electron chi connectivity index (χ2n) is 4.97. The number of nitrogens with one attached hydrogen (secondary N) is 1. The van der Waals surface area contributed by atoms with Crippen LogP contribution in [0.5, 0.6) is 11.5 Å². The average molecular weight is 322 g/mol. The van der Waals surface area contributed by atoms with E-state index in [1.165, 1.54) is 18.2 Å². The van der Waals surface area contributed by atoms with Crippen LogP contribution >= 0.6 is 0 Å². The molecule has 0 saturated carbocycles. The summed E-state index contributed by atoms with van der Waals surface area (Å²) >= 11 is 0. The van der Waals surface area contributed by atoms with Crippen LogP contribution in [0.1, 0.15) is 15.9 Å². The summed E-state index contributed by atoms with van der Waals surface area (Å²) in [5, 5.41) is 28.0. The molecule has 7 heteroatoms. The highest BCUT2D eigenvalue weighted by molar-refractivity contribution is 6.14. The van der Waals surface area contributed by atoms with E-state index in [0.717, 1.165) is 6.07 Å². The first-order valence-electron chi connectivity index (χ1n) is 6.79. The van der Waals surface area contributed by atoms with Crippen molar-refractivity contribution < 1.29 is 19.4 Å². The largest absolute Gasteiger partial charge is 0.504 e. The van der Waals surface area contributed by atoms with E-state index >= 15 is 0 Å². The van der Waals surface area contributed by atoms with Gasteiger partial charge in [-0.2, -0.15) is 5.26 Å². The summed E-state index contributed by atoms with van der Waals surface area (Å²) in [4.78, 5) is 26.0. The second kappa shape index (κ2) is 5.78. The number of fused-ring (bicyclic) bond motifs is 1. The van der Waals surface area contributed by atoms with Crippen molar-refractivity contribution in [2.45, 2.75) is 0 Å². The van der Waals surface area contributed by atoms with Crippen molar-refractivity contribution in [2.75, 3.05) is 0 Å². The number of nitriles is 1. The summed E-state index contributed by atoms with van der Waals surface area (Å²) < 4.78 is 4.88. The zero-order valence-corrected chi connectivity index (χ0v) is 12.1. The highest BCUT2D eigenvalue weighted by Crippen LogP contribution is 2.26. The third-order valence-electron chi connectivity index (χ3n) is 3.36. The van der Waals surface area contributed by atoms with Gasteiger partial charge in [-0.25, -0.2) is 4.79 Å². The molecule has 3 rings (SSSR count). The van der Waals surface area contributed by atoms with E-state index in [9.17, 15) is 25.1 Å². The molecule has 1 aromatic heterocycles. The van der Waals surface area contributed by atoms with Crippen molar-refractivity contribution in [1.82, 2.24) is 4.98 Å². The van der Waals surface area contributed by atoms with Gasteiger partial charge in [-0.3, -0.25) is 9.78 Å². The third kappa shape index (κ3) is 2.76. The molecular weight excluding hydrogens is 312 g/mol. The molecule has 24 heavy (non-hydrogen) atoms. The lowest BCUT2D eigenvalue weighted by atomic mass is 10.0. The van der Waals surface area contributed by atoms with Gasteiger partial charge in [0.15, 0.2) is 17.1 Å². The molecule has 2 aromatic carbocycles. The number of aromatic nitrogens is 1. The van der Waals surface area contributed by atoms with Crippen LogP contribution in [-0.4, -0.2) is 21.0 Å². The molecule has 1 heterocycles. The zero-order chi connectivity index (χ0) is 17.3. The Morgan fingerprint density at radius 2 is 1.96 bits per heavy atom. The number of hydrogen-bond acceptors (Lipinski definition) is 6. The summed E-state index contributed by atoms with van der Waals surface area (Å²) in [7, 11) is 0. The van der Waals surface area contributed by atoms with Crippen LogP contribution < -0.4 is 5.76 Å². The fourth-order valence-electron chi connectivity index (χ4n) is 2.19. The van der Waals surface area contributed by atoms with E-state index in [-0.39, 0.29) is 16.9 Å². The van der Waals surface area contributed by atoms with Gasteiger partial charge in [0.1, 0.15) is 11.6 Å². The van der Waals surface area contributed by atoms with Gasteiger partial charge in [-0.05, 0) is 42.0 Å². The van der Waals surface area contributed by atoms with E-state index in [1.807, 2.05) is 6.07 Å². The van der Waals surface area contributed by atoms with Crippen LogP contribution in [0.15, 0.2) is 51.2 Å². The Balaban J connectivity index is 2.00. The van der Waals surface area contributed by atoms with E-state index in [2.05, 4.69) is 4.98 Å². The summed E-state index contributed by atoms with van der Waals surface area (Å²) in [6, 6.07) is 10.1. The lowest BCUT2D eigenvalue weighted by molar-refractivity contribution is 0.103. The fourth-order valence-corrected chi connectivity index (χ4v) is 2.19. The van der Waals surface area contributed by atoms with Crippen LogP contribution in [-0.2, 0) is 0 Å². The Morgan fingerprint density at radius 3 is 2.67 bits per heavy atom. The smallest absolute Gasteiger partial charge is 0.417 e. The van der Waals surface area contributed by atoms with Gasteiger partial charge < -0.3 is 14.6 Å². The number of hydrogen-bond donors (Lipinski definition) is 3. The molecule has 0 saturated heterocycles. The molecular formula is C17H10N2O5. The number of rotatable bonds is 3. The Kier molecular flexibility index (Phi) is 3.64. The Labute approximate surface area is 134 Å². The maximum atomic E-state index is 12.4. The Hall–Kier alpha value is -3.79. The van der Waals surface area contributed by atoms with Gasteiger partial charge in [0.05, 0.1) is 5.52 Å². The summed E-state index contributed by atoms with van der Waals surface area (Å²) in [5.41, 5.74) is 1.24. The molecule has 0 fully saturated rings. The monoisotopic (exact) mass is 322 g/mol. The summed E-state index contributed by atoms with van der Waals surface area (Å²) in [6.45, 7) is 0. The van der Waals surface area contributed by atoms with Crippen molar-refractivity contribution in [1.29, 1.82) is 5.26 Å². The number of benzene rings is 2. The number of H-pyrrole nitrogens is 1. The van der Waals surface area contributed by atoms with Crippen LogP contribution in [0.25, 0.3) is 17.2 Å². The first kappa shape index (κ1) is 15.1. The van der Waals surface area contributed by atoms with Crippen LogP contribution in [0.2, 0.25) is 0 Å². The minimum atomic E-state index is -0.603. The number of aromatic hydroxyl groups is 2. The molecule has 0 aliphatic heterocycles. The molecule has 0 unspecified atom stereocenters. The normalized spacial score (nSPS) is 11.4. The first-order valence-corrected chi connectivity index (χ1v) is 6.79. The number of carbonyl (C=O) groups is 1.